The maximum atomic E-state index is 4.63. The molecule has 2 saturated carbocycles. The van der Waals surface area contributed by atoms with E-state index in [1.54, 1.807) is 0 Å². The topological polar surface area (TPSA) is 28.2 Å². The number of pyridine rings is 1. The first kappa shape index (κ1) is 13.4. The number of rotatable bonds is 6. The van der Waals surface area contributed by atoms with Gasteiger partial charge in [0.1, 0.15) is 5.82 Å². The summed E-state index contributed by atoms with van der Waals surface area (Å²) >= 11 is 3.53. The smallest absolute Gasteiger partial charge is 0.132 e. The summed E-state index contributed by atoms with van der Waals surface area (Å²) < 4.78 is 1.07. The zero-order valence-corrected chi connectivity index (χ0v) is 13.1. The molecule has 1 heterocycles. The minimum absolute atomic E-state index is 0.740. The number of hydrogen-bond donors (Lipinski definition) is 1. The van der Waals surface area contributed by atoms with Gasteiger partial charge in [0.15, 0.2) is 0 Å². The summed E-state index contributed by atoms with van der Waals surface area (Å²) in [6.07, 6.45) is 8.74. The molecular formula is C15H22BrN3. The molecule has 3 nitrogen and oxygen atoms in total. The van der Waals surface area contributed by atoms with Gasteiger partial charge in [-0.3, -0.25) is 0 Å². The standard InChI is InChI=1S/C15H22BrN3/c1-19(10-11-3-2-4-11)15-12(7-13(16)9-18-15)8-17-14-5-6-14/h7,9,11,14,17H,2-6,8,10H2,1H3. The van der Waals surface area contributed by atoms with E-state index in [4.69, 9.17) is 0 Å². The Hall–Kier alpha value is -0.610. The van der Waals surface area contributed by atoms with Gasteiger partial charge in [-0.05, 0) is 53.6 Å². The van der Waals surface area contributed by atoms with Gasteiger partial charge in [-0.25, -0.2) is 4.98 Å². The lowest BCUT2D eigenvalue weighted by atomic mass is 9.85. The summed E-state index contributed by atoms with van der Waals surface area (Å²) in [6.45, 7) is 2.08. The summed E-state index contributed by atoms with van der Waals surface area (Å²) in [6, 6.07) is 2.94. The van der Waals surface area contributed by atoms with Crippen LogP contribution in [0.15, 0.2) is 16.7 Å². The monoisotopic (exact) mass is 323 g/mol. The SMILES string of the molecule is CN(CC1CCC1)c1ncc(Br)cc1CNC1CC1. The predicted octanol–water partition coefficient (Wildman–Crippen LogP) is 3.33. The number of nitrogens with zero attached hydrogens (tertiary/aromatic N) is 2. The minimum atomic E-state index is 0.740. The molecule has 19 heavy (non-hydrogen) atoms. The molecule has 2 aliphatic rings. The van der Waals surface area contributed by atoms with Crippen molar-refractivity contribution in [2.24, 2.45) is 5.92 Å². The Morgan fingerprint density at radius 1 is 1.37 bits per heavy atom. The maximum absolute atomic E-state index is 4.63. The van der Waals surface area contributed by atoms with Crippen LogP contribution in [0.4, 0.5) is 5.82 Å². The average Bonchev–Trinajstić information content (AvgIpc) is 3.15. The highest BCUT2D eigenvalue weighted by atomic mass is 79.9. The van der Waals surface area contributed by atoms with E-state index in [-0.39, 0.29) is 0 Å². The quantitative estimate of drug-likeness (QED) is 0.870. The van der Waals surface area contributed by atoms with Crippen LogP contribution < -0.4 is 10.2 Å². The maximum Gasteiger partial charge on any atom is 0.132 e. The summed E-state index contributed by atoms with van der Waals surface area (Å²) in [4.78, 5) is 6.96. The molecule has 0 saturated heterocycles. The number of nitrogens with one attached hydrogen (secondary N) is 1. The molecule has 0 spiro atoms. The lowest BCUT2D eigenvalue weighted by molar-refractivity contribution is 0.321. The molecule has 0 atom stereocenters. The van der Waals surface area contributed by atoms with Crippen molar-refractivity contribution in [1.82, 2.24) is 10.3 Å². The highest BCUT2D eigenvalue weighted by Crippen LogP contribution is 2.29. The third-order valence-corrected chi connectivity index (χ3v) is 4.62. The van der Waals surface area contributed by atoms with Crippen molar-refractivity contribution in [2.75, 3.05) is 18.5 Å². The lowest BCUT2D eigenvalue weighted by Crippen LogP contribution is -2.31. The first-order valence-corrected chi connectivity index (χ1v) is 8.10. The molecule has 0 amide bonds. The van der Waals surface area contributed by atoms with Gasteiger partial charge in [0, 0.05) is 42.4 Å². The highest BCUT2D eigenvalue weighted by Gasteiger charge is 2.23. The summed E-state index contributed by atoms with van der Waals surface area (Å²) in [5, 5.41) is 3.59. The third-order valence-electron chi connectivity index (χ3n) is 4.19. The Balaban J connectivity index is 1.69. The van der Waals surface area contributed by atoms with Crippen molar-refractivity contribution in [3.05, 3.63) is 22.3 Å². The van der Waals surface area contributed by atoms with E-state index >= 15 is 0 Å². The molecule has 104 valence electrons. The van der Waals surface area contributed by atoms with E-state index in [1.807, 2.05) is 6.20 Å². The Kier molecular flexibility index (Phi) is 4.08. The second kappa shape index (κ2) is 5.80. The molecule has 0 bridgehead atoms. The molecular weight excluding hydrogens is 302 g/mol. The van der Waals surface area contributed by atoms with E-state index < -0.39 is 0 Å². The summed E-state index contributed by atoms with van der Waals surface area (Å²) in [5.41, 5.74) is 1.31. The minimum Gasteiger partial charge on any atom is -0.359 e. The molecule has 3 rings (SSSR count). The molecule has 0 aromatic carbocycles. The number of halogens is 1. The average molecular weight is 324 g/mol. The van der Waals surface area contributed by atoms with E-state index in [0.717, 1.165) is 35.3 Å². The van der Waals surface area contributed by atoms with Crippen molar-refractivity contribution in [1.29, 1.82) is 0 Å². The van der Waals surface area contributed by atoms with Crippen LogP contribution in [0.1, 0.15) is 37.7 Å². The zero-order valence-electron chi connectivity index (χ0n) is 11.5. The molecule has 2 fully saturated rings. The largest absolute Gasteiger partial charge is 0.359 e. The van der Waals surface area contributed by atoms with Crippen LogP contribution in [0.5, 0.6) is 0 Å². The normalized spacial score (nSPS) is 19.3. The fourth-order valence-corrected chi connectivity index (χ4v) is 3.02. The van der Waals surface area contributed by atoms with Crippen LogP contribution in [0.3, 0.4) is 0 Å². The van der Waals surface area contributed by atoms with Gasteiger partial charge in [-0.15, -0.1) is 0 Å². The molecule has 0 unspecified atom stereocenters. The Labute approximate surface area is 123 Å². The first-order chi connectivity index (χ1) is 9.22. The first-order valence-electron chi connectivity index (χ1n) is 7.31. The van der Waals surface area contributed by atoms with Gasteiger partial charge in [0.25, 0.3) is 0 Å². The van der Waals surface area contributed by atoms with E-state index in [2.05, 4.69) is 44.2 Å². The molecule has 1 N–H and O–H groups in total. The van der Waals surface area contributed by atoms with Crippen molar-refractivity contribution >= 4 is 21.7 Å². The fourth-order valence-electron chi connectivity index (χ4n) is 2.64. The van der Waals surface area contributed by atoms with Gasteiger partial charge < -0.3 is 10.2 Å². The van der Waals surface area contributed by atoms with Gasteiger partial charge >= 0.3 is 0 Å². The molecule has 1 aromatic rings. The van der Waals surface area contributed by atoms with E-state index in [9.17, 15) is 0 Å². The third kappa shape index (κ3) is 3.48. The number of aromatic nitrogens is 1. The highest BCUT2D eigenvalue weighted by molar-refractivity contribution is 9.10. The molecule has 4 heteroatoms. The van der Waals surface area contributed by atoms with Gasteiger partial charge in [-0.2, -0.15) is 0 Å². The van der Waals surface area contributed by atoms with Crippen molar-refractivity contribution in [3.8, 4) is 0 Å². The summed E-state index contributed by atoms with van der Waals surface area (Å²) in [5.74, 6) is 2.02. The van der Waals surface area contributed by atoms with Gasteiger partial charge in [0.05, 0.1) is 0 Å². The molecule has 2 aliphatic carbocycles. The van der Waals surface area contributed by atoms with Crippen LogP contribution in [0.25, 0.3) is 0 Å². The van der Waals surface area contributed by atoms with Gasteiger partial charge in [-0.1, -0.05) is 6.42 Å². The molecule has 0 aliphatic heterocycles. The van der Waals surface area contributed by atoms with Crippen LogP contribution >= 0.6 is 15.9 Å². The van der Waals surface area contributed by atoms with Crippen LogP contribution in [-0.2, 0) is 6.54 Å². The van der Waals surface area contributed by atoms with Crippen molar-refractivity contribution in [3.63, 3.8) is 0 Å². The second-order valence-corrected chi connectivity index (χ2v) is 6.88. The second-order valence-electron chi connectivity index (χ2n) is 5.97. The van der Waals surface area contributed by atoms with Crippen LogP contribution in [0, 0.1) is 5.92 Å². The van der Waals surface area contributed by atoms with Crippen LogP contribution in [-0.4, -0.2) is 24.6 Å². The van der Waals surface area contributed by atoms with E-state index in [0.29, 0.717) is 0 Å². The number of hydrogen-bond acceptors (Lipinski definition) is 3. The lowest BCUT2D eigenvalue weighted by Gasteiger charge is -2.31. The van der Waals surface area contributed by atoms with Crippen molar-refractivity contribution < 1.29 is 0 Å². The number of anilines is 1. The molecule has 0 radical (unpaired) electrons. The zero-order chi connectivity index (χ0) is 13.2. The summed E-state index contributed by atoms with van der Waals surface area (Å²) in [7, 11) is 2.18. The van der Waals surface area contributed by atoms with Crippen molar-refractivity contribution in [2.45, 2.75) is 44.7 Å². The Morgan fingerprint density at radius 3 is 2.79 bits per heavy atom. The van der Waals surface area contributed by atoms with Gasteiger partial charge in [0.2, 0.25) is 0 Å². The fraction of sp³-hybridized carbons (Fsp3) is 0.667. The Morgan fingerprint density at radius 2 is 2.16 bits per heavy atom. The molecule has 1 aromatic heterocycles. The van der Waals surface area contributed by atoms with Crippen LogP contribution in [0.2, 0.25) is 0 Å². The van der Waals surface area contributed by atoms with E-state index in [1.165, 1.54) is 37.7 Å². The Bertz CT molecular complexity index is 441. The predicted molar refractivity (Wildman–Crippen MR) is 82.4 cm³/mol.